The number of aromatic nitrogens is 2. The number of nitrogens with zero attached hydrogens (tertiary/aromatic N) is 4. The lowest BCUT2D eigenvalue weighted by atomic mass is 9.86. The summed E-state index contributed by atoms with van der Waals surface area (Å²) in [7, 11) is 0. The number of ether oxygens (including phenoxy) is 1. The van der Waals surface area contributed by atoms with Gasteiger partial charge in [0.1, 0.15) is 5.37 Å². The van der Waals surface area contributed by atoms with E-state index in [1.165, 1.54) is 42.5 Å². The summed E-state index contributed by atoms with van der Waals surface area (Å²) in [6.07, 6.45) is 2.60. The van der Waals surface area contributed by atoms with Gasteiger partial charge >= 0.3 is 5.97 Å². The number of rotatable bonds is 7. The molecule has 0 bridgehead atoms. The van der Waals surface area contributed by atoms with E-state index >= 15 is 0 Å². The Labute approximate surface area is 236 Å². The van der Waals surface area contributed by atoms with E-state index in [1.807, 2.05) is 22.7 Å². The fraction of sp³-hybridized carbons (Fsp3) is 0.200. The Hall–Kier alpha value is -3.75. The van der Waals surface area contributed by atoms with Crippen LogP contribution in [0.5, 0.6) is 0 Å². The fourth-order valence-corrected chi connectivity index (χ4v) is 8.47. The molecule has 2 aliphatic heterocycles. The Morgan fingerprint density at radius 3 is 2.67 bits per heavy atom. The van der Waals surface area contributed by atoms with Crippen LogP contribution in [0.15, 0.2) is 65.5 Å². The number of imidazole rings is 1. The highest BCUT2D eigenvalue weighted by Crippen LogP contribution is 2.60. The van der Waals surface area contributed by atoms with Gasteiger partial charge in [0.15, 0.2) is 15.4 Å². The van der Waals surface area contributed by atoms with Crippen molar-refractivity contribution in [2.24, 2.45) is 0 Å². The van der Waals surface area contributed by atoms with E-state index < -0.39 is 38.6 Å². The van der Waals surface area contributed by atoms with E-state index in [-0.39, 0.29) is 17.8 Å². The van der Waals surface area contributed by atoms with Crippen LogP contribution in [0.2, 0.25) is 0 Å². The third-order valence-electron chi connectivity index (χ3n) is 6.62. The highest BCUT2D eigenvalue weighted by Gasteiger charge is 2.69. The average molecular weight is 628 g/mol. The van der Waals surface area contributed by atoms with Gasteiger partial charge in [-0.2, -0.15) is 0 Å². The minimum atomic E-state index is -1.52. The number of aliphatic carboxylic acids is 1. The van der Waals surface area contributed by atoms with E-state index in [0.717, 1.165) is 31.8 Å². The van der Waals surface area contributed by atoms with Crippen LogP contribution in [0.1, 0.15) is 24.2 Å². The molecular weight excluding hydrogens is 612 g/mol. The maximum atomic E-state index is 13.6. The zero-order valence-corrected chi connectivity index (χ0v) is 23.1. The molecular formula is C25H16BrN4O7S2-. The number of hydrogen-bond donors (Lipinski definition) is 0. The molecule has 1 fully saturated rings. The third-order valence-corrected chi connectivity index (χ3v) is 10.6. The predicted octanol–water partition coefficient (Wildman–Crippen LogP) is 3.31. The van der Waals surface area contributed by atoms with Crippen molar-refractivity contribution in [3.8, 4) is 0 Å². The molecule has 14 heteroatoms. The van der Waals surface area contributed by atoms with Crippen LogP contribution in [0.4, 0.5) is 5.69 Å². The number of nitro benzene ring substituents is 1. The molecule has 4 aromatic rings. The van der Waals surface area contributed by atoms with Gasteiger partial charge in [-0.3, -0.25) is 29.0 Å². The molecule has 39 heavy (non-hydrogen) atoms. The molecule has 2 aliphatic rings. The maximum absolute atomic E-state index is 13.6. The molecule has 0 spiro atoms. The van der Waals surface area contributed by atoms with Crippen LogP contribution < -0.4 is 5.11 Å². The van der Waals surface area contributed by atoms with E-state index in [9.17, 15) is 29.6 Å². The van der Waals surface area contributed by atoms with Gasteiger partial charge < -0.3 is 14.6 Å². The number of allylic oxidation sites excluding steroid dienone is 1. The standard InChI is InChI=1S/C25H17BrN4O7S2/c1-12(31)37-20(14-4-7-16-17(11-14)39-24-27-8-9-28(16)24)25(26)22(34)29-19(21(32)33)18(38-23(25)29)10-13-2-5-15(6-3-13)30(35)36/h2-9,11,20,23H,10H2,1H3,(H,32,33)/p-1. The Morgan fingerprint density at radius 2 is 2.00 bits per heavy atom. The number of nitro groups is 1. The number of thiazole rings is 1. The Kier molecular flexibility index (Phi) is 6.00. The largest absolute Gasteiger partial charge is 0.543 e. The number of carbonyl (C=O) groups excluding carboxylic acids is 3. The van der Waals surface area contributed by atoms with Gasteiger partial charge in [-0.05, 0) is 23.3 Å². The molecule has 1 saturated heterocycles. The molecule has 0 saturated carbocycles. The number of β-lactam (4-membered cyclic amide) rings is 1. The van der Waals surface area contributed by atoms with Gasteiger partial charge in [0, 0.05) is 42.8 Å². The maximum Gasteiger partial charge on any atom is 0.303 e. The molecule has 0 radical (unpaired) electrons. The molecule has 6 rings (SSSR count). The van der Waals surface area contributed by atoms with Crippen LogP contribution in [0.3, 0.4) is 0 Å². The summed E-state index contributed by atoms with van der Waals surface area (Å²) in [5, 5.41) is 22.4. The number of amides is 1. The molecule has 4 heterocycles. The smallest absolute Gasteiger partial charge is 0.303 e. The van der Waals surface area contributed by atoms with Crippen LogP contribution in [-0.4, -0.2) is 46.8 Å². The van der Waals surface area contributed by atoms with Crippen molar-refractivity contribution in [2.45, 2.75) is 29.1 Å². The number of halogens is 1. The first-order chi connectivity index (χ1) is 18.6. The summed E-state index contributed by atoms with van der Waals surface area (Å²) < 4.78 is 7.05. The lowest BCUT2D eigenvalue weighted by Gasteiger charge is -2.52. The first kappa shape index (κ1) is 25.5. The summed E-state index contributed by atoms with van der Waals surface area (Å²) in [5.41, 5.74) is 1.74. The normalized spacial score (nSPS) is 21.2. The van der Waals surface area contributed by atoms with Crippen LogP contribution in [-0.2, 0) is 25.5 Å². The molecule has 0 aliphatic carbocycles. The van der Waals surface area contributed by atoms with E-state index in [0.29, 0.717) is 16.0 Å². The van der Waals surface area contributed by atoms with E-state index in [2.05, 4.69) is 20.9 Å². The Balaban J connectivity index is 1.35. The van der Waals surface area contributed by atoms with E-state index in [4.69, 9.17) is 4.74 Å². The summed E-state index contributed by atoms with van der Waals surface area (Å²) in [5.74, 6) is -2.70. The number of thioether (sulfide) groups is 1. The molecule has 1 amide bonds. The summed E-state index contributed by atoms with van der Waals surface area (Å²) in [6.45, 7) is 1.24. The minimum Gasteiger partial charge on any atom is -0.543 e. The number of non-ortho nitro benzene ring substituents is 1. The third kappa shape index (κ3) is 3.93. The molecule has 198 valence electrons. The van der Waals surface area contributed by atoms with Crippen molar-refractivity contribution in [1.29, 1.82) is 0 Å². The van der Waals surface area contributed by atoms with Crippen molar-refractivity contribution in [3.05, 3.63) is 86.7 Å². The summed E-state index contributed by atoms with van der Waals surface area (Å²) in [6, 6.07) is 11.2. The van der Waals surface area contributed by atoms with Crippen molar-refractivity contribution < 1.29 is 29.2 Å². The number of carboxylic acids is 1. The van der Waals surface area contributed by atoms with Gasteiger partial charge in [-0.1, -0.05) is 45.5 Å². The van der Waals surface area contributed by atoms with E-state index in [1.54, 1.807) is 12.3 Å². The topological polar surface area (TPSA) is 147 Å². The lowest BCUT2D eigenvalue weighted by Crippen LogP contribution is -2.70. The number of carbonyl (C=O) groups is 3. The second-order valence-corrected chi connectivity index (χ2v) is 12.5. The Bertz CT molecular complexity index is 1750. The quantitative estimate of drug-likeness (QED) is 0.0989. The van der Waals surface area contributed by atoms with Crippen molar-refractivity contribution in [2.75, 3.05) is 0 Å². The van der Waals surface area contributed by atoms with Gasteiger partial charge in [0.2, 0.25) is 0 Å². The zero-order valence-electron chi connectivity index (χ0n) is 19.9. The number of fused-ring (bicyclic) bond motifs is 4. The second-order valence-electron chi connectivity index (χ2n) is 8.97. The first-order valence-corrected chi connectivity index (χ1v) is 14.0. The van der Waals surface area contributed by atoms with Gasteiger partial charge in [0.25, 0.3) is 11.6 Å². The summed E-state index contributed by atoms with van der Waals surface area (Å²) >= 11 is 6.16. The van der Waals surface area contributed by atoms with Gasteiger partial charge in [-0.25, -0.2) is 4.98 Å². The SMILES string of the molecule is CC(=O)OC(c1ccc2c(c1)sc1nccn12)C1(Br)C(=O)N2C(C(=O)[O-])=C(Cc3ccc([N+](=O)[O-])cc3)SC21. The second kappa shape index (κ2) is 9.17. The average Bonchev–Trinajstić information content (AvgIpc) is 3.59. The van der Waals surface area contributed by atoms with Crippen LogP contribution >= 0.6 is 39.0 Å². The molecule has 11 nitrogen and oxygen atoms in total. The summed E-state index contributed by atoms with van der Waals surface area (Å²) in [4.78, 5) is 55.0. The first-order valence-electron chi connectivity index (χ1n) is 11.5. The highest BCUT2D eigenvalue weighted by molar-refractivity contribution is 9.10. The molecule has 3 unspecified atom stereocenters. The number of benzene rings is 2. The number of alkyl halides is 1. The number of carboxylic acid groups (broad SMARTS) is 1. The monoisotopic (exact) mass is 627 g/mol. The van der Waals surface area contributed by atoms with Crippen molar-refractivity contribution >= 4 is 77.7 Å². The van der Waals surface area contributed by atoms with Crippen LogP contribution in [0.25, 0.3) is 15.2 Å². The molecule has 0 N–H and O–H groups in total. The number of esters is 1. The zero-order chi connectivity index (χ0) is 27.6. The molecule has 2 aromatic heterocycles. The molecule has 3 atom stereocenters. The van der Waals surface area contributed by atoms with Crippen molar-refractivity contribution in [1.82, 2.24) is 14.3 Å². The molecule has 2 aromatic carbocycles. The van der Waals surface area contributed by atoms with Gasteiger partial charge in [-0.15, -0.1) is 11.8 Å². The van der Waals surface area contributed by atoms with Crippen LogP contribution in [0, 0.1) is 10.1 Å². The predicted molar refractivity (Wildman–Crippen MR) is 144 cm³/mol. The minimum absolute atomic E-state index is 0.0920. The van der Waals surface area contributed by atoms with Crippen molar-refractivity contribution in [3.63, 3.8) is 0 Å². The lowest BCUT2D eigenvalue weighted by molar-refractivity contribution is -0.384. The Morgan fingerprint density at radius 1 is 1.26 bits per heavy atom. The highest BCUT2D eigenvalue weighted by atomic mass is 79.9. The fourth-order valence-electron chi connectivity index (χ4n) is 4.88. The number of hydrogen-bond acceptors (Lipinski definition) is 10. The van der Waals surface area contributed by atoms with Gasteiger partial charge in [0.05, 0.1) is 26.8 Å².